The molecule has 0 bridgehead atoms. The second-order valence-electron chi connectivity index (χ2n) is 3.86. The van der Waals surface area contributed by atoms with Crippen LogP contribution in [0.2, 0.25) is 0 Å². The molecule has 0 aliphatic heterocycles. The van der Waals surface area contributed by atoms with Gasteiger partial charge in [-0.2, -0.15) is 0 Å². The van der Waals surface area contributed by atoms with Gasteiger partial charge in [0.15, 0.2) is 0 Å². The molecule has 1 rings (SSSR count). The van der Waals surface area contributed by atoms with Gasteiger partial charge in [0, 0.05) is 32.5 Å². The van der Waals surface area contributed by atoms with Crippen molar-refractivity contribution in [1.29, 1.82) is 0 Å². The number of hydrogen-bond donors (Lipinski definition) is 0. The van der Waals surface area contributed by atoms with Crippen LogP contribution in [-0.2, 0) is 7.05 Å². The van der Waals surface area contributed by atoms with Crippen molar-refractivity contribution < 1.29 is 4.79 Å². The van der Waals surface area contributed by atoms with Gasteiger partial charge in [-0.25, -0.2) is 0 Å². The minimum absolute atomic E-state index is 0.152. The van der Waals surface area contributed by atoms with Gasteiger partial charge in [0.1, 0.15) is 0 Å². The van der Waals surface area contributed by atoms with Crippen molar-refractivity contribution in [3.63, 3.8) is 0 Å². The van der Waals surface area contributed by atoms with Crippen molar-refractivity contribution in [3.8, 4) is 0 Å². The summed E-state index contributed by atoms with van der Waals surface area (Å²) in [6.45, 7) is 5.89. The largest absolute Gasteiger partial charge is 0.356 e. The van der Waals surface area contributed by atoms with Gasteiger partial charge < -0.3 is 9.47 Å². The van der Waals surface area contributed by atoms with E-state index in [4.69, 9.17) is 0 Å². The van der Waals surface area contributed by atoms with Crippen LogP contribution < -0.4 is 0 Å². The lowest BCUT2D eigenvalue weighted by Crippen LogP contribution is -2.32. The third-order valence-corrected chi connectivity index (χ3v) is 2.35. The molecule has 3 nitrogen and oxygen atoms in total. The van der Waals surface area contributed by atoms with Gasteiger partial charge in [0.25, 0.3) is 5.91 Å². The number of carbonyl (C=O) groups excluding carboxylic acids is 1. The number of nitrogens with zero attached hydrogens (tertiary/aromatic N) is 2. The topological polar surface area (TPSA) is 25.2 Å². The number of aryl methyl sites for hydroxylation is 1. The normalized spacial score (nSPS) is 10.3. The van der Waals surface area contributed by atoms with Gasteiger partial charge in [-0.15, -0.1) is 0 Å². The van der Waals surface area contributed by atoms with Crippen LogP contribution in [0.3, 0.4) is 0 Å². The van der Waals surface area contributed by atoms with Gasteiger partial charge in [0.05, 0.1) is 5.56 Å². The highest BCUT2D eigenvalue weighted by Gasteiger charge is 2.14. The van der Waals surface area contributed by atoms with E-state index >= 15 is 0 Å². The van der Waals surface area contributed by atoms with E-state index in [9.17, 15) is 4.79 Å². The maximum absolute atomic E-state index is 12.1. The second kappa shape index (κ2) is 5.59. The maximum Gasteiger partial charge on any atom is 0.255 e. The van der Waals surface area contributed by atoms with Crippen molar-refractivity contribution in [2.24, 2.45) is 7.05 Å². The highest BCUT2D eigenvalue weighted by Crippen LogP contribution is 2.06. The standard InChI is InChI=1S/C12H20N2O/c1-4-7-14(8-5-2)12(15)11-6-9-13(3)10-11/h6,9-10H,4-5,7-8H2,1-3H3. The van der Waals surface area contributed by atoms with Gasteiger partial charge in [-0.3, -0.25) is 4.79 Å². The van der Waals surface area contributed by atoms with Crippen LogP contribution in [0, 0.1) is 0 Å². The Morgan fingerprint density at radius 2 is 1.93 bits per heavy atom. The molecule has 0 N–H and O–H groups in total. The Balaban J connectivity index is 2.71. The summed E-state index contributed by atoms with van der Waals surface area (Å²) in [5.74, 6) is 0.152. The van der Waals surface area contributed by atoms with Crippen LogP contribution in [0.4, 0.5) is 0 Å². The van der Waals surface area contributed by atoms with E-state index in [0.29, 0.717) is 0 Å². The molecule has 0 radical (unpaired) electrons. The van der Waals surface area contributed by atoms with Gasteiger partial charge in [0.2, 0.25) is 0 Å². The Morgan fingerprint density at radius 1 is 1.33 bits per heavy atom. The molecule has 0 aliphatic rings. The molecule has 1 amide bonds. The van der Waals surface area contributed by atoms with E-state index < -0.39 is 0 Å². The fourth-order valence-corrected chi connectivity index (χ4v) is 1.67. The summed E-state index contributed by atoms with van der Waals surface area (Å²) in [6.07, 6.45) is 5.81. The zero-order valence-electron chi connectivity index (χ0n) is 9.86. The summed E-state index contributed by atoms with van der Waals surface area (Å²) in [7, 11) is 1.93. The predicted molar refractivity (Wildman–Crippen MR) is 61.9 cm³/mol. The minimum atomic E-state index is 0.152. The first-order valence-electron chi connectivity index (χ1n) is 5.60. The average molecular weight is 208 g/mol. The zero-order chi connectivity index (χ0) is 11.3. The molecule has 0 atom stereocenters. The third kappa shape index (κ3) is 3.11. The van der Waals surface area contributed by atoms with E-state index in [1.165, 1.54) is 0 Å². The quantitative estimate of drug-likeness (QED) is 0.728. The molecule has 0 aliphatic carbocycles. The van der Waals surface area contributed by atoms with Gasteiger partial charge in [-0.05, 0) is 18.9 Å². The number of aromatic nitrogens is 1. The summed E-state index contributed by atoms with van der Waals surface area (Å²) in [4.78, 5) is 14.0. The lowest BCUT2D eigenvalue weighted by molar-refractivity contribution is 0.0755. The fraction of sp³-hybridized carbons (Fsp3) is 0.583. The first-order valence-corrected chi connectivity index (χ1v) is 5.60. The molecule has 84 valence electrons. The van der Waals surface area contributed by atoms with Crippen molar-refractivity contribution in [2.45, 2.75) is 26.7 Å². The van der Waals surface area contributed by atoms with Crippen LogP contribution in [0.1, 0.15) is 37.0 Å². The van der Waals surface area contributed by atoms with Gasteiger partial charge in [-0.1, -0.05) is 13.8 Å². The predicted octanol–water partition coefficient (Wildman–Crippen LogP) is 2.29. The molecule has 3 heteroatoms. The lowest BCUT2D eigenvalue weighted by Gasteiger charge is -2.20. The molecule has 1 heterocycles. The lowest BCUT2D eigenvalue weighted by atomic mass is 10.2. The zero-order valence-corrected chi connectivity index (χ0v) is 9.86. The molecule has 0 saturated carbocycles. The van der Waals surface area contributed by atoms with Crippen LogP contribution in [0.15, 0.2) is 18.5 Å². The Bertz CT molecular complexity index is 311. The molecular formula is C12H20N2O. The fourth-order valence-electron chi connectivity index (χ4n) is 1.67. The van der Waals surface area contributed by atoms with Crippen molar-refractivity contribution in [3.05, 3.63) is 24.0 Å². The average Bonchev–Trinajstić information content (AvgIpc) is 2.63. The molecule has 0 unspecified atom stereocenters. The molecule has 1 aromatic rings. The number of rotatable bonds is 5. The third-order valence-electron chi connectivity index (χ3n) is 2.35. The Kier molecular flexibility index (Phi) is 4.40. The maximum atomic E-state index is 12.1. The first-order chi connectivity index (χ1) is 7.19. The smallest absolute Gasteiger partial charge is 0.255 e. The van der Waals surface area contributed by atoms with E-state index in [1.807, 2.05) is 35.0 Å². The number of amides is 1. The Labute approximate surface area is 91.7 Å². The van der Waals surface area contributed by atoms with E-state index in [1.54, 1.807) is 0 Å². The summed E-state index contributed by atoms with van der Waals surface area (Å²) >= 11 is 0. The van der Waals surface area contributed by atoms with E-state index in [0.717, 1.165) is 31.5 Å². The second-order valence-corrected chi connectivity index (χ2v) is 3.86. The van der Waals surface area contributed by atoms with Crippen molar-refractivity contribution in [1.82, 2.24) is 9.47 Å². The Hall–Kier alpha value is -1.25. The molecule has 15 heavy (non-hydrogen) atoms. The summed E-state index contributed by atoms with van der Waals surface area (Å²) < 4.78 is 1.91. The summed E-state index contributed by atoms with van der Waals surface area (Å²) in [5.41, 5.74) is 0.791. The van der Waals surface area contributed by atoms with E-state index in [2.05, 4.69) is 13.8 Å². The Morgan fingerprint density at radius 3 is 2.33 bits per heavy atom. The number of hydrogen-bond acceptors (Lipinski definition) is 1. The van der Waals surface area contributed by atoms with Crippen LogP contribution in [0.5, 0.6) is 0 Å². The van der Waals surface area contributed by atoms with Gasteiger partial charge >= 0.3 is 0 Å². The number of carbonyl (C=O) groups is 1. The van der Waals surface area contributed by atoms with E-state index in [-0.39, 0.29) is 5.91 Å². The first kappa shape index (κ1) is 11.8. The molecule has 1 aromatic heterocycles. The highest BCUT2D eigenvalue weighted by molar-refractivity contribution is 5.94. The highest BCUT2D eigenvalue weighted by atomic mass is 16.2. The SMILES string of the molecule is CCCN(CCC)C(=O)c1ccn(C)c1. The molecule has 0 aromatic carbocycles. The van der Waals surface area contributed by atoms with Crippen molar-refractivity contribution in [2.75, 3.05) is 13.1 Å². The summed E-state index contributed by atoms with van der Waals surface area (Å²) in [6, 6.07) is 1.88. The molecular weight excluding hydrogens is 188 g/mol. The molecule has 0 saturated heterocycles. The summed E-state index contributed by atoms with van der Waals surface area (Å²) in [5, 5.41) is 0. The van der Waals surface area contributed by atoms with Crippen LogP contribution in [0.25, 0.3) is 0 Å². The van der Waals surface area contributed by atoms with Crippen molar-refractivity contribution >= 4 is 5.91 Å². The van der Waals surface area contributed by atoms with Crippen LogP contribution in [-0.4, -0.2) is 28.5 Å². The monoisotopic (exact) mass is 208 g/mol. The van der Waals surface area contributed by atoms with Crippen LogP contribution >= 0.6 is 0 Å². The minimum Gasteiger partial charge on any atom is -0.356 e. The molecule has 0 fully saturated rings. The molecule has 0 spiro atoms.